The van der Waals surface area contributed by atoms with Crippen molar-refractivity contribution in [2.24, 2.45) is 0 Å². The third-order valence-electron chi connectivity index (χ3n) is 7.50. The number of nitrogens with one attached hydrogen (secondary N) is 1. The zero-order valence-electron chi connectivity index (χ0n) is 20.4. The number of aromatic nitrogens is 1. The second-order valence-corrected chi connectivity index (χ2v) is 10.7. The Morgan fingerprint density at radius 1 is 1.00 bits per heavy atom. The molecule has 0 spiro atoms. The number of hydrogen-bond donors (Lipinski definition) is 1. The first-order chi connectivity index (χ1) is 17.2. The van der Waals surface area contributed by atoms with Crippen LogP contribution in [0.3, 0.4) is 0 Å². The van der Waals surface area contributed by atoms with Gasteiger partial charge in [0.1, 0.15) is 0 Å². The molecule has 4 nitrogen and oxygen atoms in total. The quantitative estimate of drug-likeness (QED) is 0.361. The van der Waals surface area contributed by atoms with E-state index in [2.05, 4.69) is 53.7 Å². The van der Waals surface area contributed by atoms with Gasteiger partial charge in [0.2, 0.25) is 5.91 Å². The molecular weight excluding hydrogens is 450 g/mol. The van der Waals surface area contributed by atoms with Gasteiger partial charge >= 0.3 is 0 Å². The molecule has 1 atom stereocenters. The number of amides is 1. The number of hydrogen-bond acceptors (Lipinski definition) is 4. The molecule has 1 saturated carbocycles. The molecule has 2 heterocycles. The maximum Gasteiger partial charge on any atom is 0.223 e. The molecule has 5 heteroatoms. The largest absolute Gasteiger partial charge is 0.334 e. The van der Waals surface area contributed by atoms with E-state index < -0.39 is 0 Å². The second kappa shape index (κ2) is 11.2. The number of likely N-dealkylation sites (tertiary alicyclic amines) is 1. The predicted molar refractivity (Wildman–Crippen MR) is 146 cm³/mol. The number of benzene rings is 2. The van der Waals surface area contributed by atoms with E-state index in [0.717, 1.165) is 53.8 Å². The van der Waals surface area contributed by atoms with Gasteiger partial charge in [0, 0.05) is 29.6 Å². The van der Waals surface area contributed by atoms with Crippen molar-refractivity contribution < 1.29 is 4.79 Å². The van der Waals surface area contributed by atoms with Gasteiger partial charge in [0.15, 0.2) is 5.13 Å². The molecule has 1 aliphatic carbocycles. The zero-order valence-corrected chi connectivity index (χ0v) is 21.2. The Hall–Kier alpha value is -2.92. The van der Waals surface area contributed by atoms with Gasteiger partial charge in [-0.05, 0) is 49.1 Å². The number of nitrogens with zero attached hydrogens (tertiary/aromatic N) is 2. The molecule has 35 heavy (non-hydrogen) atoms. The lowest BCUT2D eigenvalue weighted by Gasteiger charge is -2.26. The smallest absolute Gasteiger partial charge is 0.223 e. The van der Waals surface area contributed by atoms with Crippen LogP contribution in [0, 0.1) is 0 Å². The zero-order chi connectivity index (χ0) is 24.0. The highest BCUT2D eigenvalue weighted by Crippen LogP contribution is 2.34. The molecule has 1 N–H and O–H groups in total. The first-order valence-electron chi connectivity index (χ1n) is 13.0. The van der Waals surface area contributed by atoms with Gasteiger partial charge in [0.05, 0.1) is 11.7 Å². The van der Waals surface area contributed by atoms with Gasteiger partial charge in [-0.1, -0.05) is 80.4 Å². The van der Waals surface area contributed by atoms with E-state index in [0.29, 0.717) is 6.42 Å². The topological polar surface area (TPSA) is 45.2 Å². The van der Waals surface area contributed by atoms with Crippen molar-refractivity contribution in [1.29, 1.82) is 0 Å². The fourth-order valence-electron chi connectivity index (χ4n) is 5.51. The van der Waals surface area contributed by atoms with Crippen LogP contribution in [0.2, 0.25) is 0 Å². The fraction of sp³-hybridized carbons (Fsp3) is 0.400. The van der Waals surface area contributed by atoms with E-state index in [1.807, 2.05) is 23.1 Å². The summed E-state index contributed by atoms with van der Waals surface area (Å²) in [6.45, 7) is 5.09. The van der Waals surface area contributed by atoms with Crippen LogP contribution < -0.4 is 5.32 Å². The third kappa shape index (κ3) is 5.84. The highest BCUT2D eigenvalue weighted by molar-refractivity contribution is 7.14. The molecule has 1 amide bonds. The minimum Gasteiger partial charge on any atom is -0.334 e. The van der Waals surface area contributed by atoms with Crippen molar-refractivity contribution in [1.82, 2.24) is 9.88 Å². The monoisotopic (exact) mass is 485 g/mol. The fourth-order valence-corrected chi connectivity index (χ4v) is 6.27. The highest BCUT2D eigenvalue weighted by atomic mass is 32.1. The number of thiazole rings is 1. The summed E-state index contributed by atoms with van der Waals surface area (Å²) in [7, 11) is 0. The summed E-state index contributed by atoms with van der Waals surface area (Å²) in [5.41, 5.74) is 5.68. The van der Waals surface area contributed by atoms with Crippen molar-refractivity contribution >= 4 is 22.4 Å². The SMILES string of the molecule is C=C(Nc1nc(-c2ccc(C3CCCCC3)cc2)cs1)[C@@H]1CCCN1C(=O)CCc1ccccc1. The van der Waals surface area contributed by atoms with Gasteiger partial charge in [-0.2, -0.15) is 0 Å². The summed E-state index contributed by atoms with van der Waals surface area (Å²) in [4.78, 5) is 19.8. The number of carbonyl (C=O) groups is 1. The maximum atomic E-state index is 13.0. The Bertz CT molecular complexity index is 1130. The minimum absolute atomic E-state index is 0.0281. The van der Waals surface area contributed by atoms with Crippen LogP contribution in [0.5, 0.6) is 0 Å². The normalized spacial score (nSPS) is 18.5. The molecule has 2 fully saturated rings. The number of carbonyl (C=O) groups excluding carboxylic acids is 1. The molecule has 0 bridgehead atoms. The van der Waals surface area contributed by atoms with Crippen molar-refractivity contribution in [3.8, 4) is 11.3 Å². The molecule has 182 valence electrons. The summed E-state index contributed by atoms with van der Waals surface area (Å²) in [6.07, 6.45) is 10.0. The van der Waals surface area contributed by atoms with Gasteiger partial charge in [0.25, 0.3) is 0 Å². The number of anilines is 1. The Kier molecular flexibility index (Phi) is 7.63. The van der Waals surface area contributed by atoms with Crippen LogP contribution in [0.25, 0.3) is 11.3 Å². The van der Waals surface area contributed by atoms with Crippen LogP contribution in [-0.2, 0) is 11.2 Å². The molecule has 5 rings (SSSR count). The summed E-state index contributed by atoms with van der Waals surface area (Å²) in [5.74, 6) is 0.927. The molecule has 0 radical (unpaired) electrons. The van der Waals surface area contributed by atoms with Crippen molar-refractivity contribution in [3.63, 3.8) is 0 Å². The van der Waals surface area contributed by atoms with Crippen molar-refractivity contribution in [3.05, 3.63) is 83.4 Å². The third-order valence-corrected chi connectivity index (χ3v) is 8.26. The maximum absolute atomic E-state index is 13.0. The first-order valence-corrected chi connectivity index (χ1v) is 13.9. The van der Waals surface area contributed by atoms with Crippen LogP contribution in [0.4, 0.5) is 5.13 Å². The Morgan fingerprint density at radius 2 is 1.77 bits per heavy atom. The average molecular weight is 486 g/mol. The predicted octanol–water partition coefficient (Wildman–Crippen LogP) is 7.41. The van der Waals surface area contributed by atoms with Gasteiger partial charge < -0.3 is 10.2 Å². The van der Waals surface area contributed by atoms with Crippen molar-refractivity contribution in [2.75, 3.05) is 11.9 Å². The molecule has 0 unspecified atom stereocenters. The molecule has 1 saturated heterocycles. The average Bonchev–Trinajstić information content (AvgIpc) is 3.59. The second-order valence-electron chi connectivity index (χ2n) is 9.88. The van der Waals surface area contributed by atoms with E-state index >= 15 is 0 Å². The van der Waals surface area contributed by atoms with Gasteiger partial charge in [-0.15, -0.1) is 11.3 Å². The highest BCUT2D eigenvalue weighted by Gasteiger charge is 2.30. The number of aryl methyl sites for hydroxylation is 1. The van der Waals surface area contributed by atoms with E-state index in [9.17, 15) is 4.79 Å². The standard InChI is InChI=1S/C30H35N3OS/c1-22(28-13-8-20-33(28)29(34)19-14-23-9-4-2-5-10-23)31-30-32-27(21-35-30)26-17-15-25(16-18-26)24-11-6-3-7-12-24/h2,4-5,9-10,15-18,21,24,28H,1,3,6-8,11-14,19-20H2,(H,31,32)/t28-/m0/s1. The number of rotatable bonds is 8. The molecule has 1 aliphatic heterocycles. The summed E-state index contributed by atoms with van der Waals surface area (Å²) < 4.78 is 0. The first kappa shape index (κ1) is 23.8. The van der Waals surface area contributed by atoms with E-state index in [-0.39, 0.29) is 11.9 Å². The van der Waals surface area contributed by atoms with E-state index in [4.69, 9.17) is 4.98 Å². The molecule has 1 aromatic heterocycles. The Balaban J connectivity index is 1.18. The van der Waals surface area contributed by atoms with Crippen LogP contribution in [0.1, 0.15) is 68.4 Å². The summed E-state index contributed by atoms with van der Waals surface area (Å²) in [5, 5.41) is 6.35. The van der Waals surface area contributed by atoms with Crippen LogP contribution in [0.15, 0.2) is 72.3 Å². The van der Waals surface area contributed by atoms with Gasteiger partial charge in [-0.25, -0.2) is 4.98 Å². The molecule has 2 aromatic carbocycles. The summed E-state index contributed by atoms with van der Waals surface area (Å²) in [6, 6.07) is 19.2. The Labute approximate surface area is 213 Å². The minimum atomic E-state index is 0.0281. The summed E-state index contributed by atoms with van der Waals surface area (Å²) >= 11 is 1.59. The van der Waals surface area contributed by atoms with E-state index in [1.54, 1.807) is 11.3 Å². The van der Waals surface area contributed by atoms with Crippen LogP contribution in [-0.4, -0.2) is 28.4 Å². The lowest BCUT2D eigenvalue weighted by molar-refractivity contribution is -0.131. The van der Waals surface area contributed by atoms with Crippen LogP contribution >= 0.6 is 11.3 Å². The van der Waals surface area contributed by atoms with E-state index in [1.165, 1.54) is 43.2 Å². The lowest BCUT2D eigenvalue weighted by Crippen LogP contribution is -2.38. The Morgan fingerprint density at radius 3 is 2.54 bits per heavy atom. The lowest BCUT2D eigenvalue weighted by atomic mass is 9.84. The van der Waals surface area contributed by atoms with Gasteiger partial charge in [-0.3, -0.25) is 4.79 Å². The molecule has 2 aliphatic rings. The van der Waals surface area contributed by atoms with Crippen molar-refractivity contribution in [2.45, 2.75) is 69.7 Å². The molecular formula is C30H35N3OS. The molecule has 3 aromatic rings.